The van der Waals surface area contributed by atoms with Crippen LogP contribution in [-0.4, -0.2) is 46.5 Å². The minimum absolute atomic E-state index is 0.0264. The molecule has 1 amide bonds. The van der Waals surface area contributed by atoms with E-state index in [4.69, 9.17) is 16.9 Å². The third-order valence-corrected chi connectivity index (χ3v) is 7.10. The van der Waals surface area contributed by atoms with Crippen molar-refractivity contribution in [1.82, 2.24) is 19.1 Å². The highest BCUT2D eigenvalue weighted by Gasteiger charge is 2.33. The zero-order chi connectivity index (χ0) is 21.0. The van der Waals surface area contributed by atoms with Gasteiger partial charge in [-0.15, -0.1) is 0 Å². The van der Waals surface area contributed by atoms with E-state index in [0.717, 1.165) is 5.69 Å². The first-order chi connectivity index (χ1) is 13.8. The van der Waals surface area contributed by atoms with Crippen LogP contribution in [0.1, 0.15) is 25.0 Å². The van der Waals surface area contributed by atoms with E-state index in [2.05, 4.69) is 21.5 Å². The average Bonchev–Trinajstić information content (AvgIpc) is 3.05. The van der Waals surface area contributed by atoms with Crippen molar-refractivity contribution >= 4 is 33.3 Å². The molecule has 0 aromatic carbocycles. The van der Waals surface area contributed by atoms with Crippen LogP contribution in [0.15, 0.2) is 29.3 Å². The Morgan fingerprint density at radius 2 is 2.14 bits per heavy atom. The molecule has 0 radical (unpaired) electrons. The van der Waals surface area contributed by atoms with E-state index in [1.54, 1.807) is 10.7 Å². The monoisotopic (exact) mass is 436 g/mol. The molecule has 3 heterocycles. The highest BCUT2D eigenvalue weighted by molar-refractivity contribution is 7.89. The molecular formula is C18H21ClN6O3S. The summed E-state index contributed by atoms with van der Waals surface area (Å²) in [5, 5.41) is 15.8. The largest absolute Gasteiger partial charge is 0.311 e. The van der Waals surface area contributed by atoms with Crippen molar-refractivity contribution in [2.45, 2.75) is 37.6 Å². The third-order valence-electron chi connectivity index (χ3n) is 4.76. The number of aryl methyl sites for hydroxylation is 2. The second kappa shape index (κ2) is 8.90. The lowest BCUT2D eigenvalue weighted by atomic mass is 9.97. The Morgan fingerprint density at radius 3 is 2.79 bits per heavy atom. The number of carbonyl (C=O) groups is 1. The van der Waals surface area contributed by atoms with Crippen molar-refractivity contribution in [3.63, 3.8) is 0 Å². The Kier molecular flexibility index (Phi) is 6.52. The van der Waals surface area contributed by atoms with Crippen LogP contribution in [0, 0.1) is 24.2 Å². The molecule has 0 unspecified atom stereocenters. The van der Waals surface area contributed by atoms with E-state index in [9.17, 15) is 13.2 Å². The molecule has 3 rings (SSSR count). The van der Waals surface area contributed by atoms with Crippen LogP contribution in [0.3, 0.4) is 0 Å². The number of carbonyl (C=O) groups excluding carboxylic acids is 1. The van der Waals surface area contributed by atoms with Crippen molar-refractivity contribution < 1.29 is 13.2 Å². The van der Waals surface area contributed by atoms with Gasteiger partial charge in [0.2, 0.25) is 15.9 Å². The number of anilines is 1. The summed E-state index contributed by atoms with van der Waals surface area (Å²) in [4.78, 5) is 16.5. The zero-order valence-electron chi connectivity index (χ0n) is 15.9. The minimum atomic E-state index is -3.75. The van der Waals surface area contributed by atoms with Gasteiger partial charge < -0.3 is 5.32 Å². The second-order valence-electron chi connectivity index (χ2n) is 6.76. The summed E-state index contributed by atoms with van der Waals surface area (Å²) in [5.74, 6) is 0.0463. The summed E-state index contributed by atoms with van der Waals surface area (Å²) in [5.41, 5.74) is 0.743. The molecule has 1 N–H and O–H groups in total. The number of hydrogen-bond donors (Lipinski definition) is 1. The summed E-state index contributed by atoms with van der Waals surface area (Å²) < 4.78 is 28.5. The normalized spacial score (nSPS) is 15.8. The number of rotatable bonds is 6. The number of aromatic nitrogens is 3. The van der Waals surface area contributed by atoms with E-state index in [0.29, 0.717) is 25.2 Å². The molecule has 154 valence electrons. The van der Waals surface area contributed by atoms with Gasteiger partial charge in [-0.05, 0) is 31.9 Å². The topological polar surface area (TPSA) is 121 Å². The second-order valence-corrected chi connectivity index (χ2v) is 9.03. The maximum atomic E-state index is 12.8. The zero-order valence-corrected chi connectivity index (χ0v) is 17.4. The first-order valence-corrected chi connectivity index (χ1v) is 11.0. The number of nitrogens with zero attached hydrogens (tertiary/aromatic N) is 5. The number of amides is 1. The van der Waals surface area contributed by atoms with Crippen molar-refractivity contribution in [2.75, 3.05) is 18.4 Å². The van der Waals surface area contributed by atoms with E-state index >= 15 is 0 Å². The molecule has 0 aliphatic carbocycles. The number of halogens is 1. The van der Waals surface area contributed by atoms with E-state index < -0.39 is 10.0 Å². The van der Waals surface area contributed by atoms with Crippen LogP contribution in [-0.2, 0) is 21.4 Å². The molecule has 0 spiro atoms. The van der Waals surface area contributed by atoms with Gasteiger partial charge in [-0.25, -0.2) is 18.1 Å². The van der Waals surface area contributed by atoms with Gasteiger partial charge >= 0.3 is 0 Å². The van der Waals surface area contributed by atoms with Crippen LogP contribution in [0.4, 0.5) is 5.82 Å². The predicted octanol–water partition coefficient (Wildman–Crippen LogP) is 2.19. The van der Waals surface area contributed by atoms with Crippen LogP contribution in [0.5, 0.6) is 0 Å². The molecule has 2 aromatic rings. The first kappa shape index (κ1) is 21.2. The lowest BCUT2D eigenvalue weighted by Gasteiger charge is -2.30. The first-order valence-electron chi connectivity index (χ1n) is 9.16. The number of pyridine rings is 1. The van der Waals surface area contributed by atoms with E-state index in [1.165, 1.54) is 22.6 Å². The molecule has 1 fully saturated rings. The van der Waals surface area contributed by atoms with Crippen molar-refractivity contribution in [3.05, 3.63) is 35.2 Å². The van der Waals surface area contributed by atoms with Crippen LogP contribution in [0.25, 0.3) is 0 Å². The van der Waals surface area contributed by atoms with Crippen molar-refractivity contribution in [2.24, 2.45) is 5.92 Å². The van der Waals surface area contributed by atoms with Gasteiger partial charge in [0, 0.05) is 31.3 Å². The van der Waals surface area contributed by atoms with Gasteiger partial charge in [-0.3, -0.25) is 4.79 Å². The average molecular weight is 437 g/mol. The Hall–Kier alpha value is -2.48. The van der Waals surface area contributed by atoms with E-state index in [1.807, 2.05) is 6.92 Å². The molecule has 2 aromatic heterocycles. The minimum Gasteiger partial charge on any atom is -0.311 e. The lowest BCUT2D eigenvalue weighted by molar-refractivity contribution is -0.121. The highest BCUT2D eigenvalue weighted by atomic mass is 35.5. The van der Waals surface area contributed by atoms with Crippen LogP contribution in [0.2, 0.25) is 5.15 Å². The molecule has 29 heavy (non-hydrogen) atoms. The summed E-state index contributed by atoms with van der Waals surface area (Å²) in [6.45, 7) is 2.64. The van der Waals surface area contributed by atoms with Crippen molar-refractivity contribution in [3.8, 4) is 6.07 Å². The standard InChI is InChI=1S/C18H21ClN6O3S/c1-13-12-16(25(23-13)9-3-7-20)22-18(26)14-5-10-24(11-6-14)29(27,28)15-4-2-8-21-17(15)19/h2,4,8,12,14H,3,5-6,9-11H2,1H3,(H,22,26). The fourth-order valence-corrected chi connectivity index (χ4v) is 5.16. The van der Waals surface area contributed by atoms with Gasteiger partial charge in [0.15, 0.2) is 0 Å². The Bertz CT molecular complexity index is 1040. The van der Waals surface area contributed by atoms with Crippen LogP contribution >= 0.6 is 11.6 Å². The number of hydrogen-bond acceptors (Lipinski definition) is 6. The molecular weight excluding hydrogens is 416 g/mol. The van der Waals surface area contributed by atoms with Gasteiger partial charge in [-0.1, -0.05) is 11.6 Å². The van der Waals surface area contributed by atoms with Gasteiger partial charge in [-0.2, -0.15) is 14.7 Å². The quantitative estimate of drug-likeness (QED) is 0.693. The SMILES string of the molecule is Cc1cc(NC(=O)C2CCN(S(=O)(=O)c3cccnc3Cl)CC2)n(CCC#N)n1. The van der Waals surface area contributed by atoms with Gasteiger partial charge in [0.25, 0.3) is 0 Å². The summed E-state index contributed by atoms with van der Waals surface area (Å²) in [6.07, 6.45) is 2.51. The molecule has 0 atom stereocenters. The molecule has 9 nitrogen and oxygen atoms in total. The Morgan fingerprint density at radius 1 is 1.41 bits per heavy atom. The Balaban J connectivity index is 1.63. The maximum absolute atomic E-state index is 12.8. The van der Waals surface area contributed by atoms with Gasteiger partial charge in [0.05, 0.1) is 24.7 Å². The third kappa shape index (κ3) is 4.75. The molecule has 0 saturated carbocycles. The molecule has 1 saturated heterocycles. The smallest absolute Gasteiger partial charge is 0.246 e. The molecule has 1 aliphatic rings. The number of nitrogens with one attached hydrogen (secondary N) is 1. The molecule has 0 bridgehead atoms. The maximum Gasteiger partial charge on any atom is 0.246 e. The summed E-state index contributed by atoms with van der Waals surface area (Å²) in [6, 6.07) is 6.75. The Labute approximate surface area is 174 Å². The number of nitriles is 1. The summed E-state index contributed by atoms with van der Waals surface area (Å²) >= 11 is 5.94. The van der Waals surface area contributed by atoms with Crippen LogP contribution < -0.4 is 5.32 Å². The summed E-state index contributed by atoms with van der Waals surface area (Å²) in [7, 11) is -3.75. The number of sulfonamides is 1. The van der Waals surface area contributed by atoms with Gasteiger partial charge in [0.1, 0.15) is 15.9 Å². The van der Waals surface area contributed by atoms with E-state index in [-0.39, 0.29) is 41.4 Å². The van der Waals surface area contributed by atoms with Crippen molar-refractivity contribution in [1.29, 1.82) is 5.26 Å². The fraction of sp³-hybridized carbons (Fsp3) is 0.444. The number of piperidine rings is 1. The predicted molar refractivity (Wildman–Crippen MR) is 107 cm³/mol. The lowest BCUT2D eigenvalue weighted by Crippen LogP contribution is -2.41. The fourth-order valence-electron chi connectivity index (χ4n) is 3.26. The molecule has 1 aliphatic heterocycles. The molecule has 11 heteroatoms. The highest BCUT2D eigenvalue weighted by Crippen LogP contribution is 2.27.